The van der Waals surface area contributed by atoms with E-state index in [4.69, 9.17) is 15.0 Å². The summed E-state index contributed by atoms with van der Waals surface area (Å²) in [5, 5.41) is 0. The molecule has 2 aliphatic carbocycles. The van der Waals surface area contributed by atoms with Crippen LogP contribution >= 0.6 is 0 Å². The van der Waals surface area contributed by atoms with Crippen LogP contribution in [-0.2, 0) is 11.8 Å². The fourth-order valence-corrected chi connectivity index (χ4v) is 8.09. The Hall–Kier alpha value is -4.89. The lowest BCUT2D eigenvalue weighted by atomic mass is 9.67. The minimum Gasteiger partial charge on any atom is -0.208 e. The molecule has 1 saturated carbocycles. The number of hydrogen-bond donors (Lipinski definition) is 0. The maximum Gasteiger partial charge on any atom is 0.164 e. The Bertz CT molecular complexity index is 1980. The van der Waals surface area contributed by atoms with Crippen molar-refractivity contribution in [2.75, 3.05) is 0 Å². The summed E-state index contributed by atoms with van der Waals surface area (Å²) in [6.07, 6.45) is 8.48. The molecule has 0 radical (unpaired) electrons. The Morgan fingerprint density at radius 3 is 1.76 bits per heavy atom. The van der Waals surface area contributed by atoms with Crippen molar-refractivity contribution in [3.8, 4) is 56.4 Å². The van der Waals surface area contributed by atoms with Crippen LogP contribution < -0.4 is 0 Å². The van der Waals surface area contributed by atoms with Crippen LogP contribution in [0, 0.1) is 6.92 Å². The highest BCUT2D eigenvalue weighted by Crippen LogP contribution is 2.58. The van der Waals surface area contributed by atoms with Gasteiger partial charge in [0.2, 0.25) is 0 Å². The molecule has 0 N–H and O–H groups in total. The van der Waals surface area contributed by atoms with E-state index >= 15 is 0 Å². The molecule has 3 heteroatoms. The van der Waals surface area contributed by atoms with Gasteiger partial charge in [0.25, 0.3) is 0 Å². The first-order valence-corrected chi connectivity index (χ1v) is 16.9. The van der Waals surface area contributed by atoms with E-state index in [2.05, 4.69) is 92.7 Å². The molecule has 226 valence electrons. The van der Waals surface area contributed by atoms with Crippen LogP contribution in [-0.4, -0.2) is 15.0 Å². The molecule has 8 rings (SSSR count). The quantitative estimate of drug-likeness (QED) is 0.192. The summed E-state index contributed by atoms with van der Waals surface area (Å²) in [6, 6.07) is 41.4. The molecule has 5 aromatic carbocycles. The van der Waals surface area contributed by atoms with E-state index in [-0.39, 0.29) is 5.41 Å². The van der Waals surface area contributed by atoms with Gasteiger partial charge >= 0.3 is 0 Å². The molecular weight excluding hydrogens is 558 g/mol. The fourth-order valence-electron chi connectivity index (χ4n) is 8.09. The highest BCUT2D eigenvalue weighted by Gasteiger charge is 2.45. The summed E-state index contributed by atoms with van der Waals surface area (Å²) >= 11 is 0. The summed E-state index contributed by atoms with van der Waals surface area (Å²) in [4.78, 5) is 15.0. The van der Waals surface area contributed by atoms with Gasteiger partial charge in [-0.15, -0.1) is 0 Å². The van der Waals surface area contributed by atoms with Crippen LogP contribution in [0.5, 0.6) is 0 Å². The van der Waals surface area contributed by atoms with Gasteiger partial charge in [-0.05, 0) is 76.8 Å². The molecule has 0 bridgehead atoms. The third-order valence-electron chi connectivity index (χ3n) is 10.2. The maximum absolute atomic E-state index is 5.04. The van der Waals surface area contributed by atoms with Crippen LogP contribution in [0.1, 0.15) is 67.7 Å². The molecule has 0 amide bonds. The average Bonchev–Trinajstić information content (AvgIpc) is 3.39. The van der Waals surface area contributed by atoms with Gasteiger partial charge in [0, 0.05) is 22.1 Å². The molecule has 1 heterocycles. The normalized spacial score (nSPS) is 14.7. The summed E-state index contributed by atoms with van der Waals surface area (Å²) < 4.78 is 0. The lowest BCUT2D eigenvalue weighted by molar-refractivity contribution is 0.353. The van der Waals surface area contributed by atoms with E-state index in [0.717, 1.165) is 29.5 Å². The smallest absolute Gasteiger partial charge is 0.164 e. The number of rotatable bonds is 6. The van der Waals surface area contributed by atoms with E-state index in [9.17, 15) is 0 Å². The molecule has 1 fully saturated rings. The van der Waals surface area contributed by atoms with Gasteiger partial charge in [0.15, 0.2) is 17.5 Å². The topological polar surface area (TPSA) is 38.7 Å². The summed E-state index contributed by atoms with van der Waals surface area (Å²) in [6.45, 7) is 4.57. The van der Waals surface area contributed by atoms with Gasteiger partial charge in [0.1, 0.15) is 0 Å². The number of benzene rings is 5. The third kappa shape index (κ3) is 4.77. The molecule has 2 aliphatic rings. The molecule has 0 atom stereocenters. The van der Waals surface area contributed by atoms with E-state index in [1.54, 1.807) is 5.56 Å². The van der Waals surface area contributed by atoms with Crippen LogP contribution in [0.4, 0.5) is 0 Å². The zero-order valence-corrected chi connectivity index (χ0v) is 26.8. The standard InChI is InChI=1S/C43H39N3/c1-3-15-32-28-33(42-45-40(30-17-7-4-8-18-30)44-41(46-42)31-19-9-5-10-20-31)24-25-34(32)35-21-14-23-37-39(35)38-29(2)16-13-22-36(38)43(37)26-11-6-12-27-43/h4-5,7-10,13-14,16-25,28H,3,6,11-12,15,26-27H2,1-2H3. The number of nitrogens with zero attached hydrogens (tertiary/aromatic N) is 3. The Kier molecular flexibility index (Phi) is 7.33. The molecule has 0 unspecified atom stereocenters. The highest BCUT2D eigenvalue weighted by atomic mass is 15.0. The predicted molar refractivity (Wildman–Crippen MR) is 190 cm³/mol. The van der Waals surface area contributed by atoms with E-state index in [1.807, 2.05) is 36.4 Å². The molecule has 0 saturated heterocycles. The Labute approximate surface area is 272 Å². The molecule has 6 aromatic rings. The SMILES string of the molecule is CCCc1cc(-c2nc(-c3ccccc3)nc(-c3ccccc3)n2)ccc1-c1cccc2c1-c1c(C)cccc1C21CCCCC1. The summed E-state index contributed by atoms with van der Waals surface area (Å²) in [5.74, 6) is 2.09. The van der Waals surface area contributed by atoms with Crippen LogP contribution in [0.25, 0.3) is 56.4 Å². The molecule has 3 nitrogen and oxygen atoms in total. The van der Waals surface area contributed by atoms with Crippen LogP contribution in [0.3, 0.4) is 0 Å². The van der Waals surface area contributed by atoms with Crippen LogP contribution in [0.15, 0.2) is 115 Å². The zero-order chi connectivity index (χ0) is 31.1. The van der Waals surface area contributed by atoms with Gasteiger partial charge in [-0.1, -0.05) is 142 Å². The number of aryl methyl sites for hydroxylation is 2. The van der Waals surface area contributed by atoms with Gasteiger partial charge in [-0.3, -0.25) is 0 Å². The highest BCUT2D eigenvalue weighted by molar-refractivity contribution is 5.95. The van der Waals surface area contributed by atoms with Gasteiger partial charge in [-0.25, -0.2) is 15.0 Å². The van der Waals surface area contributed by atoms with Crippen molar-refractivity contribution in [2.24, 2.45) is 0 Å². The number of aromatic nitrogens is 3. The molecule has 1 aromatic heterocycles. The second kappa shape index (κ2) is 11.8. The Balaban J connectivity index is 1.30. The molecule has 1 spiro atoms. The summed E-state index contributed by atoms with van der Waals surface area (Å²) in [7, 11) is 0. The van der Waals surface area contributed by atoms with E-state index < -0.39 is 0 Å². The second-order valence-corrected chi connectivity index (χ2v) is 13.0. The van der Waals surface area contributed by atoms with Crippen molar-refractivity contribution in [1.29, 1.82) is 0 Å². The minimum atomic E-state index is 0.141. The van der Waals surface area contributed by atoms with Gasteiger partial charge < -0.3 is 0 Å². The first-order chi connectivity index (χ1) is 22.7. The number of hydrogen-bond acceptors (Lipinski definition) is 3. The lowest BCUT2D eigenvalue weighted by Gasteiger charge is -2.36. The largest absolute Gasteiger partial charge is 0.208 e. The van der Waals surface area contributed by atoms with Gasteiger partial charge in [0.05, 0.1) is 0 Å². The second-order valence-electron chi connectivity index (χ2n) is 13.0. The first-order valence-electron chi connectivity index (χ1n) is 16.9. The average molecular weight is 598 g/mol. The monoisotopic (exact) mass is 597 g/mol. The van der Waals surface area contributed by atoms with Crippen molar-refractivity contribution in [3.05, 3.63) is 138 Å². The Morgan fingerprint density at radius 2 is 1.13 bits per heavy atom. The van der Waals surface area contributed by atoms with E-state index in [1.165, 1.54) is 71.0 Å². The van der Waals surface area contributed by atoms with Crippen LogP contribution in [0.2, 0.25) is 0 Å². The molecule has 46 heavy (non-hydrogen) atoms. The van der Waals surface area contributed by atoms with E-state index in [0.29, 0.717) is 17.5 Å². The fraction of sp³-hybridized carbons (Fsp3) is 0.233. The van der Waals surface area contributed by atoms with Crippen molar-refractivity contribution in [3.63, 3.8) is 0 Å². The lowest BCUT2D eigenvalue weighted by Crippen LogP contribution is -2.28. The first kappa shape index (κ1) is 28.6. The zero-order valence-electron chi connectivity index (χ0n) is 26.8. The Morgan fingerprint density at radius 1 is 0.543 bits per heavy atom. The van der Waals surface area contributed by atoms with Crippen molar-refractivity contribution >= 4 is 0 Å². The van der Waals surface area contributed by atoms with Crippen molar-refractivity contribution in [2.45, 2.75) is 64.2 Å². The number of fused-ring (bicyclic) bond motifs is 5. The molecule has 0 aliphatic heterocycles. The third-order valence-corrected chi connectivity index (χ3v) is 10.2. The van der Waals surface area contributed by atoms with Crippen molar-refractivity contribution < 1.29 is 0 Å². The van der Waals surface area contributed by atoms with Crippen molar-refractivity contribution in [1.82, 2.24) is 15.0 Å². The van der Waals surface area contributed by atoms with Gasteiger partial charge in [-0.2, -0.15) is 0 Å². The minimum absolute atomic E-state index is 0.141. The maximum atomic E-state index is 5.04. The predicted octanol–water partition coefficient (Wildman–Crippen LogP) is 11.0. The summed E-state index contributed by atoms with van der Waals surface area (Å²) in [5.41, 5.74) is 14.6. The molecular formula is C43H39N3.